The average molecular weight is 419 g/mol. The number of nitrogens with one attached hydrogen (secondary N) is 1. The molecule has 8 heteroatoms. The second kappa shape index (κ2) is 8.95. The van der Waals surface area contributed by atoms with Crippen molar-refractivity contribution in [2.24, 2.45) is 0 Å². The molecule has 0 fully saturated rings. The number of anilines is 1. The lowest BCUT2D eigenvalue weighted by atomic mass is 10.2. The van der Waals surface area contributed by atoms with E-state index in [4.69, 9.17) is 20.8 Å². The van der Waals surface area contributed by atoms with Crippen LogP contribution in [0.2, 0.25) is 5.02 Å². The Hall–Kier alpha value is -2.77. The van der Waals surface area contributed by atoms with Crippen LogP contribution in [-0.4, -0.2) is 36.9 Å². The van der Waals surface area contributed by atoms with Crippen LogP contribution in [0.3, 0.4) is 0 Å². The van der Waals surface area contributed by atoms with Crippen LogP contribution in [0.25, 0.3) is 0 Å². The fourth-order valence-electron chi connectivity index (χ4n) is 2.44. The number of amides is 2. The first-order chi connectivity index (χ1) is 13.4. The van der Waals surface area contributed by atoms with E-state index in [9.17, 15) is 9.59 Å². The number of carbonyl (C=O) groups excluding carboxylic acids is 2. The van der Waals surface area contributed by atoms with E-state index >= 15 is 0 Å². The highest BCUT2D eigenvalue weighted by atomic mass is 35.5. The van der Waals surface area contributed by atoms with E-state index in [-0.39, 0.29) is 17.6 Å². The second-order valence-corrected chi connectivity index (χ2v) is 7.57. The van der Waals surface area contributed by atoms with Gasteiger partial charge in [0.1, 0.15) is 12.4 Å². The number of halogens is 1. The molecule has 0 aliphatic heterocycles. The number of ether oxygens (including phenoxy) is 1. The van der Waals surface area contributed by atoms with Crippen LogP contribution in [-0.2, 0) is 0 Å². The molecule has 0 aliphatic rings. The van der Waals surface area contributed by atoms with Gasteiger partial charge in [0.05, 0.1) is 22.7 Å². The van der Waals surface area contributed by atoms with E-state index in [0.29, 0.717) is 33.8 Å². The SMILES string of the molecule is Cc1cc(NC(=O)c2ccco2)sc1C(=O)N(C)CCOc1ccc(Cl)cc1. The Bertz CT molecular complexity index is 951. The summed E-state index contributed by atoms with van der Waals surface area (Å²) in [4.78, 5) is 27.0. The van der Waals surface area contributed by atoms with Gasteiger partial charge in [-0.25, -0.2) is 0 Å². The number of hydrogen-bond acceptors (Lipinski definition) is 5. The molecular formula is C20H19ClN2O4S. The molecule has 2 amide bonds. The minimum Gasteiger partial charge on any atom is -0.492 e. The summed E-state index contributed by atoms with van der Waals surface area (Å²) in [6, 6.07) is 12.1. The third kappa shape index (κ3) is 4.94. The predicted molar refractivity (Wildman–Crippen MR) is 110 cm³/mol. The van der Waals surface area contributed by atoms with E-state index < -0.39 is 0 Å². The number of furan rings is 1. The average Bonchev–Trinajstić information content (AvgIpc) is 3.32. The van der Waals surface area contributed by atoms with Gasteiger partial charge in [-0.3, -0.25) is 9.59 Å². The van der Waals surface area contributed by atoms with Gasteiger partial charge in [0.2, 0.25) is 0 Å². The number of carbonyl (C=O) groups is 2. The zero-order valence-corrected chi connectivity index (χ0v) is 17.0. The van der Waals surface area contributed by atoms with Gasteiger partial charge in [0.15, 0.2) is 5.76 Å². The van der Waals surface area contributed by atoms with Crippen LogP contribution >= 0.6 is 22.9 Å². The van der Waals surface area contributed by atoms with Gasteiger partial charge >= 0.3 is 0 Å². The van der Waals surface area contributed by atoms with Crippen molar-refractivity contribution in [3.8, 4) is 5.75 Å². The summed E-state index contributed by atoms with van der Waals surface area (Å²) in [6.45, 7) is 2.62. The molecule has 0 aliphatic carbocycles. The Morgan fingerprint density at radius 2 is 2.00 bits per heavy atom. The fraction of sp³-hybridized carbons (Fsp3) is 0.200. The van der Waals surface area contributed by atoms with Crippen molar-refractivity contribution in [3.63, 3.8) is 0 Å². The van der Waals surface area contributed by atoms with Gasteiger partial charge < -0.3 is 19.4 Å². The van der Waals surface area contributed by atoms with Crippen LogP contribution in [0.4, 0.5) is 5.00 Å². The lowest BCUT2D eigenvalue weighted by Gasteiger charge is -2.17. The zero-order chi connectivity index (χ0) is 20.1. The van der Waals surface area contributed by atoms with E-state index in [1.54, 1.807) is 54.4 Å². The molecular weight excluding hydrogens is 400 g/mol. The van der Waals surface area contributed by atoms with Gasteiger partial charge in [-0.2, -0.15) is 0 Å². The Morgan fingerprint density at radius 3 is 2.68 bits per heavy atom. The summed E-state index contributed by atoms with van der Waals surface area (Å²) < 4.78 is 10.7. The van der Waals surface area contributed by atoms with Gasteiger partial charge in [-0.15, -0.1) is 11.3 Å². The van der Waals surface area contributed by atoms with Gasteiger partial charge in [0.25, 0.3) is 11.8 Å². The van der Waals surface area contributed by atoms with Crippen molar-refractivity contribution in [2.75, 3.05) is 25.5 Å². The number of benzene rings is 1. The largest absolute Gasteiger partial charge is 0.492 e. The smallest absolute Gasteiger partial charge is 0.291 e. The first-order valence-electron chi connectivity index (χ1n) is 8.53. The molecule has 0 spiro atoms. The molecule has 0 saturated heterocycles. The molecule has 0 saturated carbocycles. The molecule has 2 heterocycles. The number of aryl methyl sites for hydroxylation is 1. The Balaban J connectivity index is 1.56. The van der Waals surface area contributed by atoms with Gasteiger partial charge in [0, 0.05) is 12.1 Å². The summed E-state index contributed by atoms with van der Waals surface area (Å²) in [5, 5.41) is 3.98. The molecule has 3 rings (SSSR count). The molecule has 28 heavy (non-hydrogen) atoms. The third-order valence-corrected chi connectivity index (χ3v) is 5.34. The van der Waals surface area contributed by atoms with E-state index in [0.717, 1.165) is 5.56 Å². The number of thiophene rings is 1. The molecule has 0 atom stereocenters. The minimum atomic E-state index is -0.352. The molecule has 0 unspecified atom stereocenters. The van der Waals surface area contributed by atoms with Crippen LogP contribution < -0.4 is 10.1 Å². The second-order valence-electron chi connectivity index (χ2n) is 6.08. The number of rotatable bonds is 7. The molecule has 2 aromatic heterocycles. The fourth-order valence-corrected chi connectivity index (χ4v) is 3.63. The highest BCUT2D eigenvalue weighted by Crippen LogP contribution is 2.28. The minimum absolute atomic E-state index is 0.124. The highest BCUT2D eigenvalue weighted by Gasteiger charge is 2.19. The summed E-state index contributed by atoms with van der Waals surface area (Å²) in [7, 11) is 1.72. The first-order valence-corrected chi connectivity index (χ1v) is 9.72. The van der Waals surface area contributed by atoms with E-state index in [1.165, 1.54) is 17.6 Å². The summed E-state index contributed by atoms with van der Waals surface area (Å²) in [5.74, 6) is 0.437. The molecule has 6 nitrogen and oxygen atoms in total. The quantitative estimate of drug-likeness (QED) is 0.603. The lowest BCUT2D eigenvalue weighted by molar-refractivity contribution is 0.0777. The maximum atomic E-state index is 12.7. The van der Waals surface area contributed by atoms with Crippen LogP contribution in [0, 0.1) is 6.92 Å². The van der Waals surface area contributed by atoms with Crippen LogP contribution in [0.1, 0.15) is 25.8 Å². The van der Waals surface area contributed by atoms with Crippen molar-refractivity contribution >= 4 is 39.8 Å². The summed E-state index contributed by atoms with van der Waals surface area (Å²) in [6.07, 6.45) is 1.44. The number of nitrogens with zero attached hydrogens (tertiary/aromatic N) is 1. The maximum Gasteiger partial charge on any atom is 0.291 e. The lowest BCUT2D eigenvalue weighted by Crippen LogP contribution is -2.30. The molecule has 0 radical (unpaired) electrons. The van der Waals surface area contributed by atoms with Crippen molar-refractivity contribution in [3.05, 3.63) is 70.0 Å². The van der Waals surface area contributed by atoms with Crippen LogP contribution in [0.15, 0.2) is 53.1 Å². The third-order valence-electron chi connectivity index (χ3n) is 3.95. The predicted octanol–water partition coefficient (Wildman–Crippen LogP) is 4.71. The van der Waals surface area contributed by atoms with Crippen LogP contribution in [0.5, 0.6) is 5.75 Å². The van der Waals surface area contributed by atoms with Crippen molar-refractivity contribution in [1.29, 1.82) is 0 Å². The number of likely N-dealkylation sites (N-methyl/N-ethyl adjacent to an activating group) is 1. The monoisotopic (exact) mass is 418 g/mol. The summed E-state index contributed by atoms with van der Waals surface area (Å²) in [5.41, 5.74) is 0.801. The summed E-state index contributed by atoms with van der Waals surface area (Å²) >= 11 is 7.08. The van der Waals surface area contributed by atoms with Crippen molar-refractivity contribution in [2.45, 2.75) is 6.92 Å². The molecule has 0 bridgehead atoms. The highest BCUT2D eigenvalue weighted by molar-refractivity contribution is 7.18. The van der Waals surface area contributed by atoms with Gasteiger partial charge in [-0.1, -0.05) is 11.6 Å². The maximum absolute atomic E-state index is 12.7. The molecule has 3 aromatic rings. The molecule has 1 aromatic carbocycles. The van der Waals surface area contributed by atoms with Gasteiger partial charge in [-0.05, 0) is 55.0 Å². The molecule has 1 N–H and O–H groups in total. The van der Waals surface area contributed by atoms with Crippen molar-refractivity contribution < 1.29 is 18.7 Å². The Morgan fingerprint density at radius 1 is 1.25 bits per heavy atom. The zero-order valence-electron chi connectivity index (χ0n) is 15.4. The number of hydrogen-bond donors (Lipinski definition) is 1. The first kappa shape index (κ1) is 20.0. The Kier molecular flexibility index (Phi) is 6.38. The standard InChI is InChI=1S/C20H19ClN2O4S/c1-13-12-17(22-19(24)16-4-3-10-27-16)28-18(13)20(25)23(2)9-11-26-15-7-5-14(21)6-8-15/h3-8,10,12H,9,11H2,1-2H3,(H,22,24). The normalized spacial score (nSPS) is 10.5. The van der Waals surface area contributed by atoms with E-state index in [2.05, 4.69) is 5.32 Å². The Labute approximate surface area is 171 Å². The molecule has 146 valence electrons. The van der Waals surface area contributed by atoms with Crippen molar-refractivity contribution in [1.82, 2.24) is 4.90 Å². The van der Waals surface area contributed by atoms with E-state index in [1.807, 2.05) is 6.92 Å². The topological polar surface area (TPSA) is 71.8 Å².